The number of halogens is 1. The number of carbonyl (C=O) groups is 1. The second-order valence-electron chi connectivity index (χ2n) is 5.44. The number of amides is 1. The Morgan fingerprint density at radius 2 is 1.71 bits per heavy atom. The van der Waals surface area contributed by atoms with Crippen molar-refractivity contribution in [3.63, 3.8) is 0 Å². The topological polar surface area (TPSA) is 55.6 Å². The van der Waals surface area contributed by atoms with Gasteiger partial charge in [0.1, 0.15) is 5.75 Å². The largest absolute Gasteiger partial charge is 0.497 e. The van der Waals surface area contributed by atoms with E-state index < -0.39 is 0 Å². The lowest BCUT2D eigenvalue weighted by molar-refractivity contribution is -0.131. The monoisotopic (exact) mass is 348 g/mol. The molecule has 24 heavy (non-hydrogen) atoms. The number of nitrogens with two attached hydrogens (primary N) is 1. The molecular formula is C19H25ClN2O2. The molecule has 1 amide bonds. The molecule has 0 unspecified atom stereocenters. The van der Waals surface area contributed by atoms with E-state index in [4.69, 9.17) is 10.5 Å². The van der Waals surface area contributed by atoms with E-state index in [1.807, 2.05) is 59.5 Å². The summed E-state index contributed by atoms with van der Waals surface area (Å²) in [6.45, 7) is 1.66. The Morgan fingerprint density at radius 1 is 1.04 bits per heavy atom. The van der Waals surface area contributed by atoms with Crippen LogP contribution in [0.15, 0.2) is 54.6 Å². The maximum atomic E-state index is 12.5. The SMILES string of the molecule is COc1ccc(CCC(=O)N(CCN)Cc2ccccc2)cc1.Cl. The van der Waals surface area contributed by atoms with Crippen molar-refractivity contribution in [3.8, 4) is 5.75 Å². The summed E-state index contributed by atoms with van der Waals surface area (Å²) >= 11 is 0. The van der Waals surface area contributed by atoms with Gasteiger partial charge in [-0.1, -0.05) is 42.5 Å². The van der Waals surface area contributed by atoms with Gasteiger partial charge in [0.25, 0.3) is 0 Å². The zero-order chi connectivity index (χ0) is 16.5. The molecule has 0 aromatic heterocycles. The number of methoxy groups -OCH3 is 1. The molecule has 0 atom stereocenters. The summed E-state index contributed by atoms with van der Waals surface area (Å²) in [7, 11) is 1.65. The summed E-state index contributed by atoms with van der Waals surface area (Å²) in [6, 6.07) is 17.8. The third-order valence-corrected chi connectivity index (χ3v) is 3.75. The van der Waals surface area contributed by atoms with Crippen LogP contribution in [0.3, 0.4) is 0 Å². The summed E-state index contributed by atoms with van der Waals surface area (Å²) in [5.74, 6) is 0.962. The normalized spacial score (nSPS) is 9.92. The van der Waals surface area contributed by atoms with Crippen LogP contribution in [0.25, 0.3) is 0 Å². The summed E-state index contributed by atoms with van der Waals surface area (Å²) in [5, 5.41) is 0. The van der Waals surface area contributed by atoms with E-state index in [9.17, 15) is 4.79 Å². The molecule has 2 aromatic rings. The van der Waals surface area contributed by atoms with Crippen LogP contribution < -0.4 is 10.5 Å². The number of aryl methyl sites for hydroxylation is 1. The minimum atomic E-state index is 0. The molecule has 4 nitrogen and oxygen atoms in total. The van der Waals surface area contributed by atoms with Crippen LogP contribution in [0, 0.1) is 0 Å². The van der Waals surface area contributed by atoms with Crippen molar-refractivity contribution in [1.82, 2.24) is 4.90 Å². The molecule has 0 heterocycles. The van der Waals surface area contributed by atoms with Gasteiger partial charge in [0, 0.05) is 26.1 Å². The van der Waals surface area contributed by atoms with Crippen molar-refractivity contribution in [2.45, 2.75) is 19.4 Å². The molecule has 2 N–H and O–H groups in total. The fraction of sp³-hybridized carbons (Fsp3) is 0.316. The highest BCUT2D eigenvalue weighted by atomic mass is 35.5. The molecule has 0 fully saturated rings. The second-order valence-corrected chi connectivity index (χ2v) is 5.44. The van der Waals surface area contributed by atoms with Gasteiger partial charge >= 0.3 is 0 Å². The Kier molecular flexibility index (Phi) is 8.90. The minimum absolute atomic E-state index is 0. The van der Waals surface area contributed by atoms with Crippen LogP contribution in [-0.2, 0) is 17.8 Å². The van der Waals surface area contributed by atoms with Gasteiger partial charge in [0.05, 0.1) is 7.11 Å². The zero-order valence-corrected chi connectivity index (χ0v) is 14.8. The van der Waals surface area contributed by atoms with Crippen LogP contribution in [0.4, 0.5) is 0 Å². The van der Waals surface area contributed by atoms with E-state index in [0.717, 1.165) is 23.3 Å². The minimum Gasteiger partial charge on any atom is -0.497 e. The average Bonchev–Trinajstić information content (AvgIpc) is 2.60. The molecule has 2 aromatic carbocycles. The smallest absolute Gasteiger partial charge is 0.223 e. The van der Waals surface area contributed by atoms with E-state index in [1.54, 1.807) is 7.11 Å². The summed E-state index contributed by atoms with van der Waals surface area (Å²) < 4.78 is 5.14. The van der Waals surface area contributed by atoms with E-state index in [0.29, 0.717) is 26.1 Å². The molecular weight excluding hydrogens is 324 g/mol. The number of hydrogen-bond acceptors (Lipinski definition) is 3. The molecule has 0 aliphatic carbocycles. The molecule has 0 spiro atoms. The number of rotatable bonds is 8. The van der Waals surface area contributed by atoms with Crippen molar-refractivity contribution < 1.29 is 9.53 Å². The zero-order valence-electron chi connectivity index (χ0n) is 14.0. The van der Waals surface area contributed by atoms with Crippen molar-refractivity contribution in [1.29, 1.82) is 0 Å². The van der Waals surface area contributed by atoms with E-state index in [1.165, 1.54) is 0 Å². The highest BCUT2D eigenvalue weighted by Crippen LogP contribution is 2.13. The van der Waals surface area contributed by atoms with Gasteiger partial charge in [-0.15, -0.1) is 12.4 Å². The number of carbonyl (C=O) groups excluding carboxylic acids is 1. The molecule has 0 saturated carbocycles. The summed E-state index contributed by atoms with van der Waals surface area (Å²) in [5.41, 5.74) is 7.91. The van der Waals surface area contributed by atoms with Crippen molar-refractivity contribution in [2.24, 2.45) is 5.73 Å². The lowest BCUT2D eigenvalue weighted by Gasteiger charge is -2.22. The average molecular weight is 349 g/mol. The third-order valence-electron chi connectivity index (χ3n) is 3.75. The molecule has 0 saturated heterocycles. The van der Waals surface area contributed by atoms with Gasteiger partial charge in [-0.3, -0.25) is 4.79 Å². The maximum absolute atomic E-state index is 12.5. The number of benzene rings is 2. The lowest BCUT2D eigenvalue weighted by atomic mass is 10.1. The standard InChI is InChI=1S/C19H24N2O2.ClH/c1-23-18-10-7-16(8-11-18)9-12-19(22)21(14-13-20)15-17-5-3-2-4-6-17;/h2-8,10-11H,9,12-15,20H2,1H3;1H. The van der Waals surface area contributed by atoms with E-state index in [2.05, 4.69) is 0 Å². The lowest BCUT2D eigenvalue weighted by Crippen LogP contribution is -2.35. The molecule has 130 valence electrons. The first-order chi connectivity index (χ1) is 11.2. The maximum Gasteiger partial charge on any atom is 0.223 e. The fourth-order valence-corrected chi connectivity index (χ4v) is 2.45. The first-order valence-corrected chi connectivity index (χ1v) is 7.87. The Morgan fingerprint density at radius 3 is 2.29 bits per heavy atom. The summed E-state index contributed by atoms with van der Waals surface area (Å²) in [4.78, 5) is 14.3. The Labute approximate surface area is 150 Å². The number of hydrogen-bond donors (Lipinski definition) is 1. The summed E-state index contributed by atoms with van der Waals surface area (Å²) in [6.07, 6.45) is 1.21. The second kappa shape index (κ2) is 10.7. The highest BCUT2D eigenvalue weighted by molar-refractivity contribution is 5.85. The quantitative estimate of drug-likeness (QED) is 0.797. The number of nitrogens with zero attached hydrogens (tertiary/aromatic N) is 1. The van der Waals surface area contributed by atoms with Crippen LogP contribution >= 0.6 is 12.4 Å². The Balaban J connectivity index is 0.00000288. The fourth-order valence-electron chi connectivity index (χ4n) is 2.45. The van der Waals surface area contributed by atoms with Gasteiger partial charge in [0.2, 0.25) is 5.91 Å². The molecule has 0 aliphatic rings. The molecule has 0 aliphatic heterocycles. The van der Waals surface area contributed by atoms with Crippen LogP contribution in [0.5, 0.6) is 5.75 Å². The number of ether oxygens (including phenoxy) is 1. The first kappa shape index (κ1) is 20.0. The van der Waals surface area contributed by atoms with Crippen LogP contribution in [0.2, 0.25) is 0 Å². The van der Waals surface area contributed by atoms with Crippen LogP contribution in [-0.4, -0.2) is 31.0 Å². The van der Waals surface area contributed by atoms with Crippen molar-refractivity contribution in [3.05, 3.63) is 65.7 Å². The molecule has 5 heteroatoms. The van der Waals surface area contributed by atoms with Crippen LogP contribution in [0.1, 0.15) is 17.5 Å². The van der Waals surface area contributed by atoms with Gasteiger partial charge in [0.15, 0.2) is 0 Å². The Hall–Kier alpha value is -2.04. The highest BCUT2D eigenvalue weighted by Gasteiger charge is 2.13. The van der Waals surface area contributed by atoms with Crippen molar-refractivity contribution in [2.75, 3.05) is 20.2 Å². The molecule has 2 rings (SSSR count). The van der Waals surface area contributed by atoms with Gasteiger partial charge in [-0.05, 0) is 29.7 Å². The van der Waals surface area contributed by atoms with Gasteiger partial charge in [-0.25, -0.2) is 0 Å². The van der Waals surface area contributed by atoms with E-state index in [-0.39, 0.29) is 18.3 Å². The predicted molar refractivity (Wildman–Crippen MR) is 99.5 cm³/mol. The van der Waals surface area contributed by atoms with E-state index >= 15 is 0 Å². The molecule has 0 radical (unpaired) electrons. The third kappa shape index (κ3) is 6.22. The predicted octanol–water partition coefficient (Wildman–Crippen LogP) is 3.04. The first-order valence-electron chi connectivity index (χ1n) is 7.87. The van der Waals surface area contributed by atoms with Gasteiger partial charge < -0.3 is 15.4 Å². The van der Waals surface area contributed by atoms with Crippen molar-refractivity contribution >= 4 is 18.3 Å². The Bertz CT molecular complexity index is 603. The molecule has 0 bridgehead atoms. The van der Waals surface area contributed by atoms with Gasteiger partial charge in [-0.2, -0.15) is 0 Å².